The molecule has 0 radical (unpaired) electrons. The van der Waals surface area contributed by atoms with Crippen LogP contribution in [-0.2, 0) is 4.74 Å². The van der Waals surface area contributed by atoms with E-state index in [0.29, 0.717) is 17.9 Å². The lowest BCUT2D eigenvalue weighted by Crippen LogP contribution is -2.53. The quantitative estimate of drug-likeness (QED) is 0.594. The SMILES string of the molecule is C=C1CC[C@H]2O[C@]2(C)CC[C@@H]2[C@@H]1C[C@@]2(C)C(C)C(O)C=C(C)C. The van der Waals surface area contributed by atoms with Crippen molar-refractivity contribution in [1.82, 2.24) is 0 Å². The minimum atomic E-state index is -0.340. The molecule has 1 aliphatic heterocycles. The van der Waals surface area contributed by atoms with Crippen LogP contribution in [0.1, 0.15) is 66.7 Å². The first-order valence-corrected chi connectivity index (χ1v) is 9.36. The van der Waals surface area contributed by atoms with Crippen LogP contribution in [0.4, 0.5) is 0 Å². The van der Waals surface area contributed by atoms with E-state index >= 15 is 0 Å². The van der Waals surface area contributed by atoms with Crippen molar-refractivity contribution < 1.29 is 9.84 Å². The summed E-state index contributed by atoms with van der Waals surface area (Å²) in [5, 5.41) is 10.6. The number of aliphatic hydroxyl groups is 1. The fourth-order valence-corrected chi connectivity index (χ4v) is 5.24. The Kier molecular flexibility index (Phi) is 4.30. The van der Waals surface area contributed by atoms with Crippen LogP contribution in [0, 0.1) is 23.2 Å². The molecule has 0 aromatic heterocycles. The van der Waals surface area contributed by atoms with E-state index in [4.69, 9.17) is 4.74 Å². The van der Waals surface area contributed by atoms with Crippen molar-refractivity contribution in [2.24, 2.45) is 23.2 Å². The van der Waals surface area contributed by atoms with Gasteiger partial charge in [0.2, 0.25) is 0 Å². The van der Waals surface area contributed by atoms with Gasteiger partial charge < -0.3 is 9.84 Å². The molecule has 3 rings (SSSR count). The molecule has 0 amide bonds. The number of rotatable bonds is 3. The minimum Gasteiger partial charge on any atom is -0.389 e. The zero-order chi connectivity index (χ0) is 17.0. The highest BCUT2D eigenvalue weighted by Crippen LogP contribution is 2.62. The highest BCUT2D eigenvalue weighted by molar-refractivity contribution is 5.19. The Labute approximate surface area is 142 Å². The smallest absolute Gasteiger partial charge is 0.0920 e. The average molecular weight is 319 g/mol. The van der Waals surface area contributed by atoms with Crippen molar-refractivity contribution in [3.05, 3.63) is 23.8 Å². The zero-order valence-electron chi connectivity index (χ0n) is 15.6. The summed E-state index contributed by atoms with van der Waals surface area (Å²) in [5.74, 6) is 1.59. The van der Waals surface area contributed by atoms with Gasteiger partial charge in [-0.05, 0) is 76.0 Å². The monoisotopic (exact) mass is 318 g/mol. The molecule has 1 N–H and O–H groups in total. The number of aliphatic hydroxyl groups excluding tert-OH is 1. The van der Waals surface area contributed by atoms with Gasteiger partial charge in [0.15, 0.2) is 0 Å². The van der Waals surface area contributed by atoms with E-state index in [-0.39, 0.29) is 23.0 Å². The zero-order valence-corrected chi connectivity index (χ0v) is 15.6. The highest BCUT2D eigenvalue weighted by atomic mass is 16.6. The van der Waals surface area contributed by atoms with Gasteiger partial charge in [-0.3, -0.25) is 0 Å². The Morgan fingerprint density at radius 1 is 1.35 bits per heavy atom. The van der Waals surface area contributed by atoms with Gasteiger partial charge >= 0.3 is 0 Å². The lowest BCUT2D eigenvalue weighted by Gasteiger charge is -2.58. The molecule has 1 saturated heterocycles. The number of epoxide rings is 1. The number of fused-ring (bicyclic) bond motifs is 2. The van der Waals surface area contributed by atoms with Crippen molar-refractivity contribution in [2.75, 3.05) is 0 Å². The second kappa shape index (κ2) is 5.74. The second-order valence-electron chi connectivity index (χ2n) is 9.10. The van der Waals surface area contributed by atoms with Crippen LogP contribution in [-0.4, -0.2) is 22.9 Å². The van der Waals surface area contributed by atoms with E-state index in [0.717, 1.165) is 19.3 Å². The third-order valence-electron chi connectivity index (χ3n) is 7.29. The summed E-state index contributed by atoms with van der Waals surface area (Å²) >= 11 is 0. The van der Waals surface area contributed by atoms with Crippen LogP contribution in [0.15, 0.2) is 23.8 Å². The van der Waals surface area contributed by atoms with Crippen molar-refractivity contribution >= 4 is 0 Å². The first kappa shape index (κ1) is 17.2. The van der Waals surface area contributed by atoms with Crippen LogP contribution in [0.25, 0.3) is 0 Å². The van der Waals surface area contributed by atoms with E-state index in [2.05, 4.69) is 41.2 Å². The number of ether oxygens (including phenoxy) is 1. The Hall–Kier alpha value is -0.600. The Bertz CT molecular complexity index is 518. The summed E-state index contributed by atoms with van der Waals surface area (Å²) < 4.78 is 5.97. The number of allylic oxidation sites excluding steroid dienone is 2. The Morgan fingerprint density at radius 3 is 2.70 bits per heavy atom. The molecule has 0 bridgehead atoms. The van der Waals surface area contributed by atoms with Gasteiger partial charge in [0.05, 0.1) is 17.8 Å². The van der Waals surface area contributed by atoms with Crippen LogP contribution in [0.3, 0.4) is 0 Å². The average Bonchev–Trinajstić information content (AvgIpc) is 3.09. The molecule has 2 aliphatic carbocycles. The largest absolute Gasteiger partial charge is 0.389 e. The maximum absolute atomic E-state index is 10.6. The first-order chi connectivity index (χ1) is 10.7. The lowest BCUT2D eigenvalue weighted by molar-refractivity contribution is -0.0920. The molecule has 130 valence electrons. The van der Waals surface area contributed by atoms with Gasteiger partial charge in [-0.25, -0.2) is 0 Å². The minimum absolute atomic E-state index is 0.118. The second-order valence-corrected chi connectivity index (χ2v) is 9.10. The summed E-state index contributed by atoms with van der Waals surface area (Å²) in [6.07, 6.45) is 7.95. The van der Waals surface area contributed by atoms with Gasteiger partial charge in [0, 0.05) is 0 Å². The molecule has 0 spiro atoms. The summed E-state index contributed by atoms with van der Waals surface area (Å²) in [6, 6.07) is 0. The molecule has 23 heavy (non-hydrogen) atoms. The predicted octanol–water partition coefficient (Wildman–Crippen LogP) is 4.88. The molecule has 7 atom stereocenters. The molecule has 2 saturated carbocycles. The van der Waals surface area contributed by atoms with Crippen LogP contribution >= 0.6 is 0 Å². The van der Waals surface area contributed by atoms with E-state index in [1.807, 2.05) is 6.08 Å². The number of hydrogen-bond donors (Lipinski definition) is 1. The first-order valence-electron chi connectivity index (χ1n) is 9.36. The van der Waals surface area contributed by atoms with Crippen LogP contribution < -0.4 is 0 Å². The summed E-state index contributed by atoms with van der Waals surface area (Å²) in [6.45, 7) is 15.4. The Morgan fingerprint density at radius 2 is 2.04 bits per heavy atom. The maximum atomic E-state index is 10.6. The molecule has 0 aromatic rings. The standard InChI is InChI=1S/C21H34O2/c1-13(2)11-18(22)15(4)20(5)12-16-14(3)7-8-19-21(6,23-19)10-9-17(16)20/h11,15-19,22H,3,7-10,12H2,1-2,4-6H3/t15?,16-,17-,18?,19-,20+,21-/m1/s1. The normalized spacial score (nSPS) is 45.3. The Balaban J connectivity index is 1.77. The third kappa shape index (κ3) is 2.93. The molecule has 2 heteroatoms. The molecular weight excluding hydrogens is 284 g/mol. The van der Waals surface area contributed by atoms with Gasteiger partial charge in [-0.2, -0.15) is 0 Å². The topological polar surface area (TPSA) is 32.8 Å². The summed E-state index contributed by atoms with van der Waals surface area (Å²) in [5.41, 5.74) is 2.96. The molecule has 2 unspecified atom stereocenters. The van der Waals surface area contributed by atoms with Gasteiger partial charge in [0.25, 0.3) is 0 Å². The molecule has 3 fully saturated rings. The van der Waals surface area contributed by atoms with E-state index < -0.39 is 0 Å². The predicted molar refractivity (Wildman–Crippen MR) is 95.2 cm³/mol. The van der Waals surface area contributed by atoms with Crippen LogP contribution in [0.5, 0.6) is 0 Å². The van der Waals surface area contributed by atoms with Crippen LogP contribution in [0.2, 0.25) is 0 Å². The molecule has 0 aromatic carbocycles. The van der Waals surface area contributed by atoms with Gasteiger partial charge in [0.1, 0.15) is 0 Å². The van der Waals surface area contributed by atoms with Crippen molar-refractivity contribution in [2.45, 2.75) is 84.5 Å². The summed E-state index contributed by atoms with van der Waals surface area (Å²) in [7, 11) is 0. The molecule has 3 aliphatic rings. The van der Waals surface area contributed by atoms with Gasteiger partial charge in [-0.1, -0.05) is 37.6 Å². The van der Waals surface area contributed by atoms with Crippen molar-refractivity contribution in [3.8, 4) is 0 Å². The highest BCUT2D eigenvalue weighted by Gasteiger charge is 2.58. The molecule has 1 heterocycles. The van der Waals surface area contributed by atoms with Gasteiger partial charge in [-0.15, -0.1) is 0 Å². The fraction of sp³-hybridized carbons (Fsp3) is 0.810. The fourth-order valence-electron chi connectivity index (χ4n) is 5.24. The van der Waals surface area contributed by atoms with Crippen molar-refractivity contribution in [3.63, 3.8) is 0 Å². The number of hydrogen-bond acceptors (Lipinski definition) is 2. The summed E-state index contributed by atoms with van der Waals surface area (Å²) in [4.78, 5) is 0. The van der Waals surface area contributed by atoms with E-state index in [1.165, 1.54) is 24.0 Å². The molecular formula is C21H34O2. The third-order valence-corrected chi connectivity index (χ3v) is 7.29. The van der Waals surface area contributed by atoms with E-state index in [9.17, 15) is 5.11 Å². The molecule has 2 nitrogen and oxygen atoms in total. The van der Waals surface area contributed by atoms with E-state index in [1.54, 1.807) is 0 Å². The maximum Gasteiger partial charge on any atom is 0.0920 e. The lowest BCUT2D eigenvalue weighted by atomic mass is 9.46. The van der Waals surface area contributed by atoms with Crippen molar-refractivity contribution in [1.29, 1.82) is 0 Å².